The number of allylic oxidation sites excluding steroid dienone is 2. The van der Waals surface area contributed by atoms with Gasteiger partial charge in [0.1, 0.15) is 20.9 Å². The highest BCUT2D eigenvalue weighted by Gasteiger charge is 2.27. The number of methoxy groups -OCH3 is 1. The molecule has 2 aromatic heterocycles. The summed E-state index contributed by atoms with van der Waals surface area (Å²) in [6.07, 6.45) is 5.47. The number of nitrogens with zero attached hydrogens (tertiary/aromatic N) is 2. The van der Waals surface area contributed by atoms with Crippen LogP contribution in [-0.2, 0) is 16.7 Å². The Morgan fingerprint density at radius 1 is 1.21 bits per heavy atom. The molecule has 0 atom stereocenters. The summed E-state index contributed by atoms with van der Waals surface area (Å²) < 4.78 is 42.2. The Hall–Kier alpha value is -2.57. The zero-order chi connectivity index (χ0) is 27.0. The molecule has 0 spiro atoms. The molecule has 0 fully saturated rings. The number of anilines is 1. The number of thioether (sulfide) groups is 1. The average Bonchev–Trinajstić information content (AvgIpc) is 3.57. The van der Waals surface area contributed by atoms with Gasteiger partial charge in [-0.3, -0.25) is 4.55 Å². The molecule has 0 bridgehead atoms. The standard InChI is InChI=1S/C27H28N2O5S4/c1-4-17(13-24-28(5-2)20-15-18(30)7-8-22(20)36-24)14-25-29(10-6-12-38(31,32)33)26-23(37-25)16-21(34-3)19-9-11-35-27(19)26/h7-9,11,13-16H,4-6,10,12H2,1-3H3,(H-,30,31,32,33)/p+1. The van der Waals surface area contributed by atoms with Crippen molar-refractivity contribution in [3.05, 3.63) is 57.4 Å². The normalized spacial score (nSPS) is 15.2. The Kier molecular flexibility index (Phi) is 7.74. The van der Waals surface area contributed by atoms with Gasteiger partial charge in [0.2, 0.25) is 5.52 Å². The summed E-state index contributed by atoms with van der Waals surface area (Å²) in [5.74, 6) is 0.777. The van der Waals surface area contributed by atoms with Crippen LogP contribution in [0.4, 0.5) is 5.69 Å². The van der Waals surface area contributed by atoms with Crippen LogP contribution in [0.3, 0.4) is 0 Å². The van der Waals surface area contributed by atoms with Crippen molar-refractivity contribution in [2.24, 2.45) is 0 Å². The molecule has 1 aliphatic rings. The Bertz CT molecular complexity index is 1680. The van der Waals surface area contributed by atoms with E-state index >= 15 is 0 Å². The van der Waals surface area contributed by atoms with Crippen LogP contribution < -0.4 is 14.2 Å². The molecule has 5 rings (SSSR count). The van der Waals surface area contributed by atoms with Crippen LogP contribution in [0.5, 0.6) is 11.5 Å². The highest BCUT2D eigenvalue weighted by atomic mass is 32.2. The maximum absolute atomic E-state index is 11.4. The van der Waals surface area contributed by atoms with Crippen molar-refractivity contribution in [2.45, 2.75) is 38.1 Å². The minimum atomic E-state index is -4.05. The van der Waals surface area contributed by atoms with E-state index in [1.165, 1.54) is 0 Å². The number of aromatic hydroxyl groups is 1. The van der Waals surface area contributed by atoms with Gasteiger partial charge < -0.3 is 14.7 Å². The molecule has 0 amide bonds. The van der Waals surface area contributed by atoms with Crippen molar-refractivity contribution in [1.29, 1.82) is 0 Å². The van der Waals surface area contributed by atoms with E-state index in [4.69, 9.17) is 4.74 Å². The third kappa shape index (κ3) is 5.30. The van der Waals surface area contributed by atoms with Crippen LogP contribution in [0.1, 0.15) is 31.7 Å². The summed E-state index contributed by atoms with van der Waals surface area (Å²) in [6.45, 7) is 5.45. The maximum atomic E-state index is 11.4. The molecule has 0 radical (unpaired) electrons. The van der Waals surface area contributed by atoms with E-state index in [0.29, 0.717) is 13.0 Å². The van der Waals surface area contributed by atoms with Gasteiger partial charge >= 0.3 is 0 Å². The Morgan fingerprint density at radius 3 is 2.74 bits per heavy atom. The molecule has 200 valence electrons. The van der Waals surface area contributed by atoms with Crippen molar-refractivity contribution in [2.75, 3.05) is 24.3 Å². The zero-order valence-electron chi connectivity index (χ0n) is 21.3. The van der Waals surface area contributed by atoms with Crippen LogP contribution in [-0.4, -0.2) is 37.5 Å². The summed E-state index contributed by atoms with van der Waals surface area (Å²) in [5.41, 5.74) is 3.19. The Morgan fingerprint density at radius 2 is 2.03 bits per heavy atom. The fourth-order valence-electron chi connectivity index (χ4n) is 4.66. The van der Waals surface area contributed by atoms with Gasteiger partial charge in [-0.15, -0.1) is 11.3 Å². The first-order valence-corrected chi connectivity index (χ1v) is 16.4. The topological polar surface area (TPSA) is 91.0 Å². The molecule has 2 N–H and O–H groups in total. The molecule has 4 aromatic rings. The maximum Gasteiger partial charge on any atom is 0.265 e. The van der Waals surface area contributed by atoms with Gasteiger partial charge in [-0.25, -0.2) is 0 Å². The number of thiazole rings is 1. The Balaban J connectivity index is 1.61. The van der Waals surface area contributed by atoms with Gasteiger partial charge in [-0.2, -0.15) is 13.0 Å². The van der Waals surface area contributed by atoms with Crippen molar-refractivity contribution in [3.8, 4) is 11.5 Å². The summed E-state index contributed by atoms with van der Waals surface area (Å²) in [6, 6.07) is 9.55. The number of aryl methyl sites for hydroxylation is 1. The molecule has 1 aliphatic heterocycles. The van der Waals surface area contributed by atoms with E-state index in [1.807, 2.05) is 23.6 Å². The van der Waals surface area contributed by atoms with Crippen molar-refractivity contribution < 1.29 is 27.4 Å². The molecular weight excluding hydrogens is 561 g/mol. The second-order valence-corrected chi connectivity index (χ2v) is 13.5. The van der Waals surface area contributed by atoms with Crippen molar-refractivity contribution in [3.63, 3.8) is 0 Å². The molecular formula is C27H29N2O5S4+. The molecule has 0 aliphatic carbocycles. The number of phenols is 1. The number of hydrogen-bond donors (Lipinski definition) is 2. The van der Waals surface area contributed by atoms with Gasteiger partial charge in [0.15, 0.2) is 6.54 Å². The largest absolute Gasteiger partial charge is 0.508 e. The lowest BCUT2D eigenvalue weighted by molar-refractivity contribution is -0.667. The lowest BCUT2D eigenvalue weighted by atomic mass is 10.2. The van der Waals surface area contributed by atoms with E-state index in [9.17, 15) is 18.1 Å². The molecule has 7 nitrogen and oxygen atoms in total. The predicted octanol–water partition coefficient (Wildman–Crippen LogP) is 6.66. The number of hydrogen-bond acceptors (Lipinski definition) is 8. The first kappa shape index (κ1) is 27.0. The average molecular weight is 590 g/mol. The van der Waals surface area contributed by atoms with E-state index in [2.05, 4.69) is 35.5 Å². The molecule has 0 saturated carbocycles. The number of benzene rings is 2. The molecule has 0 unspecified atom stereocenters. The summed E-state index contributed by atoms with van der Waals surface area (Å²) in [5, 5.41) is 15.2. The van der Waals surface area contributed by atoms with Gasteiger partial charge in [-0.1, -0.05) is 30.0 Å². The SMILES string of the molecule is CCC(/C=C1\Sc2ccc(O)cc2N1CC)=C\c1sc2cc(OC)c3ccsc3c2[n+]1CCCS(=O)(=O)O. The van der Waals surface area contributed by atoms with Crippen LogP contribution >= 0.6 is 34.4 Å². The van der Waals surface area contributed by atoms with E-state index in [-0.39, 0.29) is 11.5 Å². The summed E-state index contributed by atoms with van der Waals surface area (Å²) >= 11 is 4.97. The van der Waals surface area contributed by atoms with Crippen LogP contribution in [0, 0.1) is 0 Å². The van der Waals surface area contributed by atoms with E-state index < -0.39 is 10.1 Å². The monoisotopic (exact) mass is 589 g/mol. The Labute approximate surface area is 234 Å². The van der Waals surface area contributed by atoms with E-state index in [1.54, 1.807) is 53.7 Å². The number of phenolic OH excluding ortho intramolecular Hbond substituents is 1. The molecule has 11 heteroatoms. The predicted molar refractivity (Wildman–Crippen MR) is 158 cm³/mol. The van der Waals surface area contributed by atoms with Crippen LogP contribution in [0.2, 0.25) is 0 Å². The van der Waals surface area contributed by atoms with E-state index in [0.717, 1.165) is 65.2 Å². The van der Waals surface area contributed by atoms with Gasteiger partial charge in [0.25, 0.3) is 15.1 Å². The molecule has 2 aromatic carbocycles. The number of fused-ring (bicyclic) bond motifs is 4. The summed E-state index contributed by atoms with van der Waals surface area (Å²) in [7, 11) is -2.37. The molecule has 3 heterocycles. The second kappa shape index (κ2) is 10.9. The first-order chi connectivity index (χ1) is 18.2. The number of ether oxygens (including phenoxy) is 1. The van der Waals surface area contributed by atoms with Gasteiger partial charge in [-0.05, 0) is 48.6 Å². The summed E-state index contributed by atoms with van der Waals surface area (Å²) in [4.78, 5) is 3.31. The smallest absolute Gasteiger partial charge is 0.265 e. The third-order valence-corrected chi connectivity index (χ3v) is 10.4. The number of thiophene rings is 1. The fraction of sp³-hybridized carbons (Fsp3) is 0.296. The first-order valence-electron chi connectivity index (χ1n) is 12.3. The van der Waals surface area contributed by atoms with Crippen molar-refractivity contribution in [1.82, 2.24) is 0 Å². The molecule has 0 saturated heterocycles. The van der Waals surface area contributed by atoms with Gasteiger partial charge in [0.05, 0.1) is 23.6 Å². The minimum Gasteiger partial charge on any atom is -0.508 e. The highest BCUT2D eigenvalue weighted by molar-refractivity contribution is 8.03. The zero-order valence-corrected chi connectivity index (χ0v) is 24.6. The fourth-order valence-corrected chi connectivity index (χ4v) is 8.58. The van der Waals surface area contributed by atoms with Crippen LogP contribution in [0.15, 0.2) is 57.3 Å². The lowest BCUT2D eigenvalue weighted by Crippen LogP contribution is -2.36. The van der Waals surface area contributed by atoms with Gasteiger partial charge in [0, 0.05) is 41.5 Å². The number of aromatic nitrogens is 1. The highest BCUT2D eigenvalue weighted by Crippen LogP contribution is 2.47. The van der Waals surface area contributed by atoms with Crippen molar-refractivity contribution >= 4 is 76.6 Å². The molecule has 38 heavy (non-hydrogen) atoms. The number of rotatable bonds is 9. The third-order valence-electron chi connectivity index (χ3n) is 6.45. The quantitative estimate of drug-likeness (QED) is 0.167. The second-order valence-electron chi connectivity index (χ2n) is 8.87. The lowest BCUT2D eigenvalue weighted by Gasteiger charge is -2.18. The minimum absolute atomic E-state index is 0.252. The van der Waals surface area contributed by atoms with Crippen LogP contribution in [0.25, 0.3) is 26.4 Å².